The highest BCUT2D eigenvalue weighted by Gasteiger charge is 2.18. The average Bonchev–Trinajstić information content (AvgIpc) is 3.28. The zero-order valence-corrected chi connectivity index (χ0v) is 19.5. The highest BCUT2D eigenvalue weighted by atomic mass is 32.2. The Morgan fingerprint density at radius 3 is 2.24 bits per heavy atom. The first-order chi connectivity index (χ1) is 16.3. The summed E-state index contributed by atoms with van der Waals surface area (Å²) in [5.41, 5.74) is 3.27. The van der Waals surface area contributed by atoms with Crippen molar-refractivity contribution in [3.8, 4) is 16.9 Å². The Hall–Kier alpha value is -3.82. The molecule has 0 aliphatic carbocycles. The molecule has 0 unspecified atom stereocenters. The van der Waals surface area contributed by atoms with E-state index in [2.05, 4.69) is 10.4 Å². The summed E-state index contributed by atoms with van der Waals surface area (Å²) in [7, 11) is -0.676. The van der Waals surface area contributed by atoms with Gasteiger partial charge in [0, 0.05) is 43.5 Å². The third-order valence-corrected chi connectivity index (χ3v) is 7.09. The topological polar surface area (TPSA) is 84.3 Å². The van der Waals surface area contributed by atoms with Crippen LogP contribution in [0.4, 0.5) is 4.39 Å². The number of aromatic nitrogens is 2. The van der Waals surface area contributed by atoms with E-state index >= 15 is 0 Å². The van der Waals surface area contributed by atoms with E-state index in [1.54, 1.807) is 16.8 Å². The molecule has 0 saturated heterocycles. The van der Waals surface area contributed by atoms with E-state index in [1.165, 1.54) is 50.5 Å². The Bertz CT molecular complexity index is 1400. The third-order valence-electron chi connectivity index (χ3n) is 5.26. The van der Waals surface area contributed by atoms with E-state index in [0.29, 0.717) is 11.3 Å². The minimum atomic E-state index is -3.57. The molecule has 4 aromatic rings. The summed E-state index contributed by atoms with van der Waals surface area (Å²) in [6, 6.07) is 21.3. The van der Waals surface area contributed by atoms with Gasteiger partial charge in [-0.2, -0.15) is 5.10 Å². The number of carbonyl (C=O) groups excluding carboxylic acids is 1. The second-order valence-corrected chi connectivity index (χ2v) is 9.94. The lowest BCUT2D eigenvalue weighted by Crippen LogP contribution is -2.24. The minimum Gasteiger partial charge on any atom is -0.348 e. The first-order valence-electron chi connectivity index (χ1n) is 10.5. The standard InChI is InChI=1S/C25H23FN4O3S/c1-29(2)34(32,33)23-14-10-19(11-15-23)25(31)27-16-20-17-30(22-6-4-3-5-7-22)28-24(20)18-8-12-21(26)13-9-18/h3-15,17H,16H2,1-2H3,(H,27,31). The van der Waals surface area contributed by atoms with E-state index < -0.39 is 10.0 Å². The first kappa shape index (κ1) is 23.3. The second kappa shape index (κ2) is 9.58. The molecule has 0 aliphatic heterocycles. The number of rotatable bonds is 7. The number of carbonyl (C=O) groups is 1. The van der Waals surface area contributed by atoms with Crippen molar-refractivity contribution in [2.24, 2.45) is 0 Å². The van der Waals surface area contributed by atoms with Gasteiger partial charge in [-0.15, -0.1) is 0 Å². The van der Waals surface area contributed by atoms with Gasteiger partial charge in [-0.3, -0.25) is 4.79 Å². The maximum Gasteiger partial charge on any atom is 0.251 e. The largest absolute Gasteiger partial charge is 0.348 e. The predicted molar refractivity (Wildman–Crippen MR) is 127 cm³/mol. The van der Waals surface area contributed by atoms with Gasteiger partial charge in [0.05, 0.1) is 16.3 Å². The lowest BCUT2D eigenvalue weighted by atomic mass is 10.1. The average molecular weight is 479 g/mol. The molecule has 0 fully saturated rings. The Balaban J connectivity index is 1.58. The third kappa shape index (κ3) is 4.90. The SMILES string of the molecule is CN(C)S(=O)(=O)c1ccc(C(=O)NCc2cn(-c3ccccc3)nc2-c2ccc(F)cc2)cc1. The summed E-state index contributed by atoms with van der Waals surface area (Å²) in [4.78, 5) is 12.8. The van der Waals surface area contributed by atoms with Gasteiger partial charge in [0.15, 0.2) is 0 Å². The van der Waals surface area contributed by atoms with Crippen molar-refractivity contribution in [2.45, 2.75) is 11.4 Å². The molecule has 9 heteroatoms. The van der Waals surface area contributed by atoms with Gasteiger partial charge in [-0.25, -0.2) is 21.8 Å². The van der Waals surface area contributed by atoms with Gasteiger partial charge in [-0.1, -0.05) is 18.2 Å². The summed E-state index contributed by atoms with van der Waals surface area (Å²) < 4.78 is 40.7. The van der Waals surface area contributed by atoms with E-state index in [4.69, 9.17) is 0 Å². The Morgan fingerprint density at radius 1 is 0.971 bits per heavy atom. The van der Waals surface area contributed by atoms with E-state index in [1.807, 2.05) is 36.5 Å². The fraction of sp³-hybridized carbons (Fsp3) is 0.120. The summed E-state index contributed by atoms with van der Waals surface area (Å²) in [6.45, 7) is 0.177. The number of sulfonamides is 1. The van der Waals surface area contributed by atoms with Crippen molar-refractivity contribution < 1.29 is 17.6 Å². The summed E-state index contributed by atoms with van der Waals surface area (Å²) in [6.07, 6.45) is 1.82. The van der Waals surface area contributed by atoms with Crippen LogP contribution in [0.15, 0.2) is 90.0 Å². The van der Waals surface area contributed by atoms with Crippen molar-refractivity contribution in [1.82, 2.24) is 19.4 Å². The lowest BCUT2D eigenvalue weighted by Gasteiger charge is -2.11. The zero-order valence-electron chi connectivity index (χ0n) is 18.6. The number of hydrogen-bond donors (Lipinski definition) is 1. The van der Waals surface area contributed by atoms with Gasteiger partial charge in [0.25, 0.3) is 5.91 Å². The number of nitrogens with one attached hydrogen (secondary N) is 1. The number of para-hydroxylation sites is 1. The molecular weight excluding hydrogens is 455 g/mol. The number of amides is 1. The normalized spacial score (nSPS) is 11.5. The molecule has 0 spiro atoms. The molecule has 0 bridgehead atoms. The maximum absolute atomic E-state index is 13.4. The first-order valence-corrected chi connectivity index (χ1v) is 11.9. The molecule has 174 valence electrons. The van der Waals surface area contributed by atoms with Crippen LogP contribution in [0.5, 0.6) is 0 Å². The van der Waals surface area contributed by atoms with Crippen molar-refractivity contribution in [1.29, 1.82) is 0 Å². The molecule has 1 heterocycles. The van der Waals surface area contributed by atoms with E-state index in [-0.39, 0.29) is 23.2 Å². The van der Waals surface area contributed by atoms with Crippen molar-refractivity contribution in [2.75, 3.05) is 14.1 Å². The molecule has 34 heavy (non-hydrogen) atoms. The second-order valence-electron chi connectivity index (χ2n) is 7.78. The van der Waals surface area contributed by atoms with Crippen molar-refractivity contribution in [3.63, 3.8) is 0 Å². The number of hydrogen-bond acceptors (Lipinski definition) is 4. The fourth-order valence-corrected chi connectivity index (χ4v) is 4.27. The minimum absolute atomic E-state index is 0.108. The summed E-state index contributed by atoms with van der Waals surface area (Å²) >= 11 is 0. The molecule has 0 saturated carbocycles. The van der Waals surface area contributed by atoms with Gasteiger partial charge in [0.2, 0.25) is 10.0 Å². The van der Waals surface area contributed by atoms with Crippen LogP contribution >= 0.6 is 0 Å². The van der Waals surface area contributed by atoms with Crippen LogP contribution in [0.2, 0.25) is 0 Å². The smallest absolute Gasteiger partial charge is 0.251 e. The molecule has 0 radical (unpaired) electrons. The van der Waals surface area contributed by atoms with E-state index in [0.717, 1.165) is 21.1 Å². The van der Waals surface area contributed by atoms with Crippen LogP contribution in [0.25, 0.3) is 16.9 Å². The molecule has 4 rings (SSSR count). The lowest BCUT2D eigenvalue weighted by molar-refractivity contribution is 0.0951. The zero-order chi connectivity index (χ0) is 24.3. The Labute approximate surface area is 197 Å². The predicted octanol–water partition coefficient (Wildman–Crippen LogP) is 3.86. The molecule has 1 amide bonds. The van der Waals surface area contributed by atoms with Gasteiger partial charge >= 0.3 is 0 Å². The number of halogens is 1. The molecule has 0 atom stereocenters. The Morgan fingerprint density at radius 2 is 1.62 bits per heavy atom. The summed E-state index contributed by atoms with van der Waals surface area (Å²) in [5.74, 6) is -0.702. The fourth-order valence-electron chi connectivity index (χ4n) is 3.37. The van der Waals surface area contributed by atoms with Crippen LogP contribution in [0.3, 0.4) is 0 Å². The van der Waals surface area contributed by atoms with Crippen LogP contribution in [-0.4, -0.2) is 42.5 Å². The van der Waals surface area contributed by atoms with Crippen LogP contribution < -0.4 is 5.32 Å². The van der Waals surface area contributed by atoms with Crippen LogP contribution in [0, 0.1) is 5.82 Å². The maximum atomic E-state index is 13.4. The van der Waals surface area contributed by atoms with E-state index in [9.17, 15) is 17.6 Å². The number of benzene rings is 3. The van der Waals surface area contributed by atoms with Gasteiger partial charge in [-0.05, 0) is 60.7 Å². The Kier molecular flexibility index (Phi) is 6.58. The van der Waals surface area contributed by atoms with Crippen molar-refractivity contribution >= 4 is 15.9 Å². The number of nitrogens with zero attached hydrogens (tertiary/aromatic N) is 3. The molecule has 0 aliphatic rings. The monoisotopic (exact) mass is 478 g/mol. The quantitative estimate of drug-likeness (QED) is 0.437. The van der Waals surface area contributed by atoms with Gasteiger partial charge in [0.1, 0.15) is 5.82 Å². The highest BCUT2D eigenvalue weighted by molar-refractivity contribution is 7.89. The molecule has 1 aromatic heterocycles. The van der Waals surface area contributed by atoms with Gasteiger partial charge < -0.3 is 5.32 Å². The van der Waals surface area contributed by atoms with Crippen LogP contribution in [-0.2, 0) is 16.6 Å². The highest BCUT2D eigenvalue weighted by Crippen LogP contribution is 2.24. The molecule has 1 N–H and O–H groups in total. The van der Waals surface area contributed by atoms with Crippen molar-refractivity contribution in [3.05, 3.63) is 102 Å². The summed E-state index contributed by atoms with van der Waals surface area (Å²) in [5, 5.41) is 7.51. The molecule has 7 nitrogen and oxygen atoms in total. The molecular formula is C25H23FN4O3S. The van der Waals surface area contributed by atoms with Crippen LogP contribution in [0.1, 0.15) is 15.9 Å². The molecule has 3 aromatic carbocycles.